The Morgan fingerprint density at radius 3 is 2.49 bits per heavy atom. The Labute approximate surface area is 240 Å². The quantitative estimate of drug-likeness (QED) is 0.309. The molecule has 1 aliphatic rings. The second-order valence-corrected chi connectivity index (χ2v) is 11.2. The van der Waals surface area contributed by atoms with Crippen LogP contribution in [0.25, 0.3) is 5.69 Å². The standard InChI is InChI=1S/C31H37N7O3/c1-21-10-12-24(13-11-21)38-27(18-26(36-38)31(3,4)5)35-30(39)32-19-23-8-6-7-9-25(23)41-29-22(2)28(33-20-34-29)37-14-16-40-17-15-37/h6-13,18,20H,14-17,19H2,1-5H3,(H2,32,35,39). The van der Waals surface area contributed by atoms with Crippen LogP contribution in [0.1, 0.15) is 43.2 Å². The Balaban J connectivity index is 1.30. The van der Waals surface area contributed by atoms with Crippen molar-refractivity contribution < 1.29 is 14.3 Å². The molecule has 0 bridgehead atoms. The van der Waals surface area contributed by atoms with E-state index in [1.54, 1.807) is 4.68 Å². The number of carbonyl (C=O) groups is 1. The van der Waals surface area contributed by atoms with E-state index >= 15 is 0 Å². The molecule has 3 heterocycles. The lowest BCUT2D eigenvalue weighted by molar-refractivity contribution is 0.122. The maximum Gasteiger partial charge on any atom is 0.320 e. The molecule has 1 aliphatic heterocycles. The van der Waals surface area contributed by atoms with Crippen LogP contribution in [-0.4, -0.2) is 52.1 Å². The van der Waals surface area contributed by atoms with E-state index in [2.05, 4.69) is 46.3 Å². The summed E-state index contributed by atoms with van der Waals surface area (Å²) in [6.45, 7) is 13.4. The molecule has 0 radical (unpaired) electrons. The molecule has 0 aliphatic carbocycles. The number of para-hydroxylation sites is 1. The molecule has 4 aromatic rings. The first-order valence-electron chi connectivity index (χ1n) is 13.8. The largest absolute Gasteiger partial charge is 0.438 e. The van der Waals surface area contributed by atoms with Gasteiger partial charge in [-0.25, -0.2) is 19.4 Å². The van der Waals surface area contributed by atoms with Crippen molar-refractivity contribution in [3.63, 3.8) is 0 Å². The summed E-state index contributed by atoms with van der Waals surface area (Å²) in [6.07, 6.45) is 1.52. The highest BCUT2D eigenvalue weighted by Gasteiger charge is 2.22. The first-order chi connectivity index (χ1) is 19.7. The van der Waals surface area contributed by atoms with Gasteiger partial charge in [0.05, 0.1) is 30.2 Å². The van der Waals surface area contributed by atoms with Gasteiger partial charge in [-0.3, -0.25) is 5.32 Å². The molecule has 0 atom stereocenters. The number of benzene rings is 2. The molecule has 2 aromatic carbocycles. The maximum atomic E-state index is 13.1. The number of aromatic nitrogens is 4. The predicted molar refractivity (Wildman–Crippen MR) is 159 cm³/mol. The van der Waals surface area contributed by atoms with E-state index in [-0.39, 0.29) is 18.0 Å². The van der Waals surface area contributed by atoms with Gasteiger partial charge in [-0.2, -0.15) is 5.10 Å². The molecule has 2 aromatic heterocycles. The van der Waals surface area contributed by atoms with Crippen LogP contribution < -0.4 is 20.3 Å². The Hall–Kier alpha value is -4.44. The third kappa shape index (κ3) is 6.66. The Morgan fingerprint density at radius 1 is 1.02 bits per heavy atom. The van der Waals surface area contributed by atoms with E-state index in [9.17, 15) is 4.79 Å². The number of hydrogen-bond donors (Lipinski definition) is 2. The Kier molecular flexibility index (Phi) is 8.21. The lowest BCUT2D eigenvalue weighted by Gasteiger charge is -2.29. The van der Waals surface area contributed by atoms with E-state index in [0.29, 0.717) is 30.7 Å². The highest BCUT2D eigenvalue weighted by Crippen LogP contribution is 2.31. The number of nitrogens with one attached hydrogen (secondary N) is 2. The summed E-state index contributed by atoms with van der Waals surface area (Å²) in [5, 5.41) is 10.7. The summed E-state index contributed by atoms with van der Waals surface area (Å²) in [5.74, 6) is 2.53. The number of rotatable bonds is 7. The van der Waals surface area contributed by atoms with Crippen LogP contribution in [0.5, 0.6) is 11.6 Å². The number of aryl methyl sites for hydroxylation is 1. The van der Waals surface area contributed by atoms with Crippen molar-refractivity contribution in [3.8, 4) is 17.3 Å². The van der Waals surface area contributed by atoms with Crippen LogP contribution >= 0.6 is 0 Å². The van der Waals surface area contributed by atoms with Crippen LogP contribution in [0.2, 0.25) is 0 Å². The smallest absolute Gasteiger partial charge is 0.320 e. The predicted octanol–water partition coefficient (Wildman–Crippen LogP) is 5.53. The summed E-state index contributed by atoms with van der Waals surface area (Å²) in [6, 6.07) is 17.2. The summed E-state index contributed by atoms with van der Waals surface area (Å²) in [7, 11) is 0. The van der Waals surface area contributed by atoms with E-state index in [4.69, 9.17) is 14.6 Å². The minimum absolute atomic E-state index is 0.181. The van der Waals surface area contributed by atoms with Crippen LogP contribution in [0.4, 0.5) is 16.4 Å². The van der Waals surface area contributed by atoms with Gasteiger partial charge >= 0.3 is 6.03 Å². The van der Waals surface area contributed by atoms with Crippen molar-refractivity contribution in [2.24, 2.45) is 0 Å². The molecule has 2 amide bonds. The number of morpholine rings is 1. The van der Waals surface area contributed by atoms with Crippen molar-refractivity contribution in [1.29, 1.82) is 0 Å². The zero-order valence-electron chi connectivity index (χ0n) is 24.3. The van der Waals surface area contributed by atoms with Gasteiger partial charge in [0.15, 0.2) is 0 Å². The van der Waals surface area contributed by atoms with Crippen LogP contribution in [0.15, 0.2) is 60.9 Å². The summed E-state index contributed by atoms with van der Waals surface area (Å²) in [5.41, 5.74) is 4.39. The average Bonchev–Trinajstić information content (AvgIpc) is 3.39. The third-order valence-corrected chi connectivity index (χ3v) is 6.94. The van der Waals surface area contributed by atoms with Crippen molar-refractivity contribution in [3.05, 3.63) is 83.3 Å². The fourth-order valence-corrected chi connectivity index (χ4v) is 4.53. The Morgan fingerprint density at radius 2 is 1.76 bits per heavy atom. The highest BCUT2D eigenvalue weighted by atomic mass is 16.5. The Bertz CT molecular complexity index is 1500. The van der Waals surface area contributed by atoms with Gasteiger partial charge < -0.3 is 19.7 Å². The van der Waals surface area contributed by atoms with Crippen molar-refractivity contribution in [2.45, 2.75) is 46.6 Å². The number of hydrogen-bond acceptors (Lipinski definition) is 7. The molecule has 2 N–H and O–H groups in total. The second kappa shape index (κ2) is 12.0. The number of carbonyl (C=O) groups excluding carboxylic acids is 1. The van der Waals surface area contributed by atoms with Gasteiger partial charge in [-0.05, 0) is 32.0 Å². The van der Waals surface area contributed by atoms with Crippen molar-refractivity contribution >= 4 is 17.7 Å². The second-order valence-electron chi connectivity index (χ2n) is 11.2. The minimum atomic E-state index is -0.346. The van der Waals surface area contributed by atoms with Gasteiger partial charge in [-0.15, -0.1) is 0 Å². The van der Waals surface area contributed by atoms with E-state index in [0.717, 1.165) is 47.0 Å². The van der Waals surface area contributed by atoms with Gasteiger partial charge in [0.25, 0.3) is 0 Å². The van der Waals surface area contributed by atoms with Gasteiger partial charge in [-0.1, -0.05) is 56.7 Å². The number of amides is 2. The summed E-state index contributed by atoms with van der Waals surface area (Å²) in [4.78, 5) is 24.1. The van der Waals surface area contributed by atoms with Crippen molar-refractivity contribution in [2.75, 3.05) is 36.5 Å². The summed E-state index contributed by atoms with van der Waals surface area (Å²) < 4.78 is 13.5. The lowest BCUT2D eigenvalue weighted by atomic mass is 9.92. The van der Waals surface area contributed by atoms with Gasteiger partial charge in [0.2, 0.25) is 5.88 Å². The van der Waals surface area contributed by atoms with Crippen molar-refractivity contribution in [1.82, 2.24) is 25.1 Å². The molecule has 41 heavy (non-hydrogen) atoms. The first kappa shape index (κ1) is 28.1. The van der Waals surface area contributed by atoms with Crippen LogP contribution in [-0.2, 0) is 16.7 Å². The first-order valence-corrected chi connectivity index (χ1v) is 13.8. The monoisotopic (exact) mass is 555 g/mol. The van der Waals surface area contributed by atoms with Crippen LogP contribution in [0.3, 0.4) is 0 Å². The fourth-order valence-electron chi connectivity index (χ4n) is 4.53. The number of anilines is 2. The molecule has 5 rings (SSSR count). The van der Waals surface area contributed by atoms with Crippen LogP contribution in [0, 0.1) is 13.8 Å². The number of urea groups is 1. The van der Waals surface area contributed by atoms with E-state index < -0.39 is 0 Å². The lowest BCUT2D eigenvalue weighted by Crippen LogP contribution is -2.37. The molecular formula is C31H37N7O3. The third-order valence-electron chi connectivity index (χ3n) is 6.94. The van der Waals surface area contributed by atoms with E-state index in [1.165, 1.54) is 6.33 Å². The normalized spacial score (nSPS) is 13.6. The topological polar surface area (TPSA) is 106 Å². The van der Waals surface area contributed by atoms with Gasteiger partial charge in [0, 0.05) is 36.7 Å². The number of ether oxygens (including phenoxy) is 2. The highest BCUT2D eigenvalue weighted by molar-refractivity contribution is 5.88. The molecule has 0 unspecified atom stereocenters. The molecule has 1 saturated heterocycles. The molecule has 0 spiro atoms. The molecule has 10 heteroatoms. The molecule has 214 valence electrons. The zero-order chi connectivity index (χ0) is 29.0. The van der Waals surface area contributed by atoms with E-state index in [1.807, 2.05) is 68.4 Å². The SMILES string of the molecule is Cc1ccc(-n2nc(C(C)(C)C)cc2NC(=O)NCc2ccccc2Oc2ncnc(N3CCOCC3)c2C)cc1. The average molecular weight is 556 g/mol. The molecule has 10 nitrogen and oxygen atoms in total. The number of nitrogens with zero attached hydrogens (tertiary/aromatic N) is 5. The zero-order valence-corrected chi connectivity index (χ0v) is 24.3. The molecular weight excluding hydrogens is 518 g/mol. The maximum absolute atomic E-state index is 13.1. The molecule has 0 saturated carbocycles. The van der Waals surface area contributed by atoms with Gasteiger partial charge in [0.1, 0.15) is 23.7 Å². The molecule has 1 fully saturated rings. The fraction of sp³-hybridized carbons (Fsp3) is 0.355. The summed E-state index contributed by atoms with van der Waals surface area (Å²) >= 11 is 0. The minimum Gasteiger partial charge on any atom is -0.438 e.